The van der Waals surface area contributed by atoms with Crippen LogP contribution in [0, 0.1) is 0 Å². The smallest absolute Gasteiger partial charge is 0.321 e. The van der Waals surface area contributed by atoms with E-state index >= 15 is 0 Å². The molecule has 0 saturated carbocycles. The molecule has 0 aromatic heterocycles. The molecule has 0 spiro atoms. The normalized spacial score (nSPS) is 11.1. The molecule has 2 aromatic carbocycles. The fourth-order valence-electron chi connectivity index (χ4n) is 2.86. The Labute approximate surface area is 180 Å². The highest BCUT2D eigenvalue weighted by molar-refractivity contribution is 5.97. The van der Waals surface area contributed by atoms with E-state index in [9.17, 15) is 14.4 Å². The second kappa shape index (κ2) is 11.4. The monoisotopic (exact) mass is 430 g/mol. The lowest BCUT2D eigenvalue weighted by atomic mass is 10.1. The molecular weight excluding hydrogens is 404 g/mol. The van der Waals surface area contributed by atoms with Gasteiger partial charge >= 0.3 is 12.0 Å². The van der Waals surface area contributed by atoms with Crippen LogP contribution in [0.2, 0.25) is 0 Å². The minimum Gasteiger partial charge on any atom is -0.493 e. The molecule has 2 aromatic rings. The van der Waals surface area contributed by atoms with Gasteiger partial charge in [0.15, 0.2) is 11.5 Å². The van der Waals surface area contributed by atoms with E-state index in [0.29, 0.717) is 34.9 Å². The van der Waals surface area contributed by atoms with Crippen LogP contribution >= 0.6 is 0 Å². The van der Waals surface area contributed by atoms with E-state index in [1.807, 2.05) is 0 Å². The molecule has 0 heterocycles. The molecule has 1 atom stereocenters. The van der Waals surface area contributed by atoms with Gasteiger partial charge in [0.05, 0.1) is 27.8 Å². The van der Waals surface area contributed by atoms with Gasteiger partial charge in [0.25, 0.3) is 5.91 Å². The van der Waals surface area contributed by atoms with Gasteiger partial charge in [-0.15, -0.1) is 0 Å². The Balaban J connectivity index is 2.22. The first-order chi connectivity index (χ1) is 14.9. The van der Waals surface area contributed by atoms with Gasteiger partial charge in [-0.25, -0.2) is 4.79 Å². The standard InChI is InChI=1S/C22H26N2O7/c1-5-23-22(27)24-21(26)19(15-9-7-6-8-10-15)31-18(25)13-14-11-16(28-2)20(30-4)17(12-14)29-3/h6-12,19H,5,13H2,1-4H3,(H2,23,24,26,27). The van der Waals surface area contributed by atoms with Crippen molar-refractivity contribution in [2.75, 3.05) is 27.9 Å². The maximum atomic E-state index is 12.7. The number of ether oxygens (including phenoxy) is 4. The quantitative estimate of drug-likeness (QED) is 0.588. The van der Waals surface area contributed by atoms with Crippen molar-refractivity contribution >= 4 is 17.9 Å². The number of hydrogen-bond acceptors (Lipinski definition) is 7. The van der Waals surface area contributed by atoms with Gasteiger partial charge < -0.3 is 24.3 Å². The van der Waals surface area contributed by atoms with Crippen LogP contribution in [0.1, 0.15) is 24.2 Å². The molecule has 9 nitrogen and oxygen atoms in total. The van der Waals surface area contributed by atoms with E-state index in [1.165, 1.54) is 21.3 Å². The molecule has 1 unspecified atom stereocenters. The predicted molar refractivity (Wildman–Crippen MR) is 112 cm³/mol. The maximum Gasteiger partial charge on any atom is 0.321 e. The summed E-state index contributed by atoms with van der Waals surface area (Å²) in [6.45, 7) is 2.06. The van der Waals surface area contributed by atoms with Crippen molar-refractivity contribution in [2.24, 2.45) is 0 Å². The number of urea groups is 1. The van der Waals surface area contributed by atoms with E-state index in [1.54, 1.807) is 49.4 Å². The molecule has 9 heteroatoms. The number of rotatable bonds is 9. The molecule has 2 rings (SSSR count). The first-order valence-corrected chi connectivity index (χ1v) is 9.55. The number of benzene rings is 2. The fraction of sp³-hybridized carbons (Fsp3) is 0.318. The summed E-state index contributed by atoms with van der Waals surface area (Å²) in [5.74, 6) is -0.258. The molecule has 0 bridgehead atoms. The number of nitrogens with one attached hydrogen (secondary N) is 2. The van der Waals surface area contributed by atoms with Crippen molar-refractivity contribution in [1.82, 2.24) is 10.6 Å². The highest BCUT2D eigenvalue weighted by Crippen LogP contribution is 2.38. The number of methoxy groups -OCH3 is 3. The third kappa shape index (κ3) is 6.36. The number of carbonyl (C=O) groups is 3. The van der Waals surface area contributed by atoms with Crippen LogP contribution < -0.4 is 24.8 Å². The Bertz CT molecular complexity index is 890. The van der Waals surface area contributed by atoms with Gasteiger partial charge in [-0.1, -0.05) is 30.3 Å². The summed E-state index contributed by atoms with van der Waals surface area (Å²) in [6.07, 6.45) is -1.45. The highest BCUT2D eigenvalue weighted by Gasteiger charge is 2.27. The van der Waals surface area contributed by atoms with Gasteiger partial charge in [0, 0.05) is 12.1 Å². The van der Waals surface area contributed by atoms with Crippen LogP contribution in [0.4, 0.5) is 4.79 Å². The van der Waals surface area contributed by atoms with Gasteiger partial charge in [-0.3, -0.25) is 14.9 Å². The first kappa shape index (κ1) is 23.5. The van der Waals surface area contributed by atoms with Crippen molar-refractivity contribution in [3.05, 3.63) is 53.6 Å². The van der Waals surface area contributed by atoms with Crippen LogP contribution in [0.15, 0.2) is 42.5 Å². The van der Waals surface area contributed by atoms with Crippen molar-refractivity contribution in [3.63, 3.8) is 0 Å². The fourth-order valence-corrected chi connectivity index (χ4v) is 2.86. The third-order valence-electron chi connectivity index (χ3n) is 4.24. The molecule has 0 aliphatic carbocycles. The second-order valence-electron chi connectivity index (χ2n) is 6.34. The summed E-state index contributed by atoms with van der Waals surface area (Å²) in [6, 6.07) is 11.0. The van der Waals surface area contributed by atoms with Crippen molar-refractivity contribution in [2.45, 2.75) is 19.4 Å². The van der Waals surface area contributed by atoms with E-state index in [2.05, 4.69) is 10.6 Å². The molecule has 166 valence electrons. The SMILES string of the molecule is CCNC(=O)NC(=O)C(OC(=O)Cc1cc(OC)c(OC)c(OC)c1)c1ccccc1. The van der Waals surface area contributed by atoms with Gasteiger partial charge in [-0.2, -0.15) is 0 Å². The Morgan fingerprint density at radius 2 is 1.55 bits per heavy atom. The summed E-state index contributed by atoms with van der Waals surface area (Å²) < 4.78 is 21.3. The molecule has 3 amide bonds. The molecule has 0 aliphatic rings. The largest absolute Gasteiger partial charge is 0.493 e. The number of imide groups is 1. The summed E-state index contributed by atoms with van der Waals surface area (Å²) >= 11 is 0. The summed E-state index contributed by atoms with van der Waals surface area (Å²) in [4.78, 5) is 37.0. The maximum absolute atomic E-state index is 12.7. The molecule has 0 aliphatic heterocycles. The zero-order valence-corrected chi connectivity index (χ0v) is 17.9. The summed E-state index contributed by atoms with van der Waals surface area (Å²) in [5, 5.41) is 4.64. The van der Waals surface area contributed by atoms with E-state index in [4.69, 9.17) is 18.9 Å². The molecule has 0 saturated heterocycles. The van der Waals surface area contributed by atoms with Crippen LogP contribution in [-0.4, -0.2) is 45.8 Å². The topological polar surface area (TPSA) is 112 Å². The van der Waals surface area contributed by atoms with Crippen molar-refractivity contribution in [3.8, 4) is 17.2 Å². The molecule has 31 heavy (non-hydrogen) atoms. The van der Waals surface area contributed by atoms with Crippen LogP contribution in [0.25, 0.3) is 0 Å². The van der Waals surface area contributed by atoms with Crippen LogP contribution in [-0.2, 0) is 20.7 Å². The average Bonchev–Trinajstić information content (AvgIpc) is 2.77. The minimum atomic E-state index is -1.29. The van der Waals surface area contributed by atoms with Crippen molar-refractivity contribution < 1.29 is 33.3 Å². The average molecular weight is 430 g/mol. The zero-order chi connectivity index (χ0) is 22.8. The van der Waals surface area contributed by atoms with Gasteiger partial charge in [0.2, 0.25) is 11.9 Å². The number of hydrogen-bond donors (Lipinski definition) is 2. The Kier molecular flexibility index (Phi) is 8.68. The lowest BCUT2D eigenvalue weighted by molar-refractivity contribution is -0.155. The summed E-state index contributed by atoms with van der Waals surface area (Å²) in [7, 11) is 4.42. The number of esters is 1. The van der Waals surface area contributed by atoms with Crippen LogP contribution in [0.3, 0.4) is 0 Å². The predicted octanol–water partition coefficient (Wildman–Crippen LogP) is 2.39. The molecule has 0 radical (unpaired) electrons. The minimum absolute atomic E-state index is 0.158. The zero-order valence-electron chi connectivity index (χ0n) is 17.9. The van der Waals surface area contributed by atoms with E-state index in [-0.39, 0.29) is 6.42 Å². The summed E-state index contributed by atoms with van der Waals surface area (Å²) in [5.41, 5.74) is 0.970. The molecular formula is C22H26N2O7. The van der Waals surface area contributed by atoms with E-state index < -0.39 is 24.0 Å². The van der Waals surface area contributed by atoms with Gasteiger partial charge in [-0.05, 0) is 24.6 Å². The van der Waals surface area contributed by atoms with Crippen LogP contribution in [0.5, 0.6) is 17.2 Å². The van der Waals surface area contributed by atoms with Gasteiger partial charge in [0.1, 0.15) is 0 Å². The van der Waals surface area contributed by atoms with E-state index in [0.717, 1.165) is 0 Å². The first-order valence-electron chi connectivity index (χ1n) is 9.55. The molecule has 2 N–H and O–H groups in total. The Hall–Kier alpha value is -3.75. The van der Waals surface area contributed by atoms with Crippen molar-refractivity contribution in [1.29, 1.82) is 0 Å². The Morgan fingerprint density at radius 3 is 2.06 bits per heavy atom. The Morgan fingerprint density at radius 1 is 0.935 bits per heavy atom. The lowest BCUT2D eigenvalue weighted by Crippen LogP contribution is -2.42. The second-order valence-corrected chi connectivity index (χ2v) is 6.34. The number of carbonyl (C=O) groups excluding carboxylic acids is 3. The lowest BCUT2D eigenvalue weighted by Gasteiger charge is -2.18. The molecule has 0 fully saturated rings. The highest BCUT2D eigenvalue weighted by atomic mass is 16.5. The third-order valence-corrected chi connectivity index (χ3v) is 4.24. The number of amides is 3.